The van der Waals surface area contributed by atoms with E-state index in [1.807, 2.05) is 0 Å². The monoisotopic (exact) mass is 347 g/mol. The Labute approximate surface area is 131 Å². The number of pyridine rings is 1. The van der Waals surface area contributed by atoms with Gasteiger partial charge in [0, 0.05) is 21.9 Å². The molecule has 0 fully saturated rings. The molecule has 5 nitrogen and oxygen atoms in total. The maximum atomic E-state index is 11.5. The maximum Gasteiger partial charge on any atom is 0.265 e. The Kier molecular flexibility index (Phi) is 4.92. The van der Waals surface area contributed by atoms with E-state index in [0.717, 1.165) is 0 Å². The summed E-state index contributed by atoms with van der Waals surface area (Å²) >= 11 is 5.78. The van der Waals surface area contributed by atoms with Gasteiger partial charge in [0.05, 0.1) is 12.7 Å². The molecule has 0 spiro atoms. The smallest absolute Gasteiger partial charge is 0.265 e. The predicted molar refractivity (Wildman–Crippen MR) is 79.6 cm³/mol. The van der Waals surface area contributed by atoms with Gasteiger partial charge < -0.3 is 9.47 Å². The highest BCUT2D eigenvalue weighted by atomic mass is 35.7. The van der Waals surface area contributed by atoms with Crippen molar-refractivity contribution < 1.29 is 17.9 Å². The normalized spacial score (nSPS) is 11.2. The van der Waals surface area contributed by atoms with Crippen LogP contribution in [0.4, 0.5) is 0 Å². The fourth-order valence-corrected chi connectivity index (χ4v) is 2.90. The van der Waals surface area contributed by atoms with Crippen LogP contribution in [0.3, 0.4) is 0 Å². The summed E-state index contributed by atoms with van der Waals surface area (Å²) in [6.45, 7) is 0.0814. The fourth-order valence-electron chi connectivity index (χ4n) is 1.66. The highest BCUT2D eigenvalue weighted by Gasteiger charge is 2.18. The SMILES string of the molecule is COc1ncccc1COc1ccc(Cl)cc1S(=O)(=O)Cl. The van der Waals surface area contributed by atoms with Gasteiger partial charge in [-0.3, -0.25) is 0 Å². The van der Waals surface area contributed by atoms with Crippen LogP contribution in [-0.2, 0) is 15.7 Å². The lowest BCUT2D eigenvalue weighted by Gasteiger charge is -2.11. The molecular formula is C13H11Cl2NO4S. The Hall–Kier alpha value is -1.50. The van der Waals surface area contributed by atoms with Crippen molar-refractivity contribution in [2.75, 3.05) is 7.11 Å². The first-order valence-corrected chi connectivity index (χ1v) is 8.45. The van der Waals surface area contributed by atoms with Crippen molar-refractivity contribution in [3.63, 3.8) is 0 Å². The van der Waals surface area contributed by atoms with Crippen molar-refractivity contribution in [3.05, 3.63) is 47.1 Å². The Morgan fingerprint density at radius 2 is 2.05 bits per heavy atom. The molecule has 0 bridgehead atoms. The summed E-state index contributed by atoms with van der Waals surface area (Å²) in [7, 11) is 2.90. The van der Waals surface area contributed by atoms with Crippen molar-refractivity contribution in [1.82, 2.24) is 4.98 Å². The van der Waals surface area contributed by atoms with Gasteiger partial charge in [-0.25, -0.2) is 13.4 Å². The zero-order chi connectivity index (χ0) is 15.5. The van der Waals surface area contributed by atoms with Crippen LogP contribution < -0.4 is 9.47 Å². The zero-order valence-electron chi connectivity index (χ0n) is 10.9. The summed E-state index contributed by atoms with van der Waals surface area (Å²) in [5.74, 6) is 0.516. The van der Waals surface area contributed by atoms with E-state index in [-0.39, 0.29) is 22.3 Å². The Bertz CT molecular complexity index is 750. The molecule has 1 heterocycles. The van der Waals surface area contributed by atoms with Crippen molar-refractivity contribution in [1.29, 1.82) is 0 Å². The molecule has 0 aliphatic heterocycles. The molecule has 0 saturated heterocycles. The highest BCUT2D eigenvalue weighted by Crippen LogP contribution is 2.30. The lowest BCUT2D eigenvalue weighted by Crippen LogP contribution is -2.03. The number of ether oxygens (including phenoxy) is 2. The summed E-state index contributed by atoms with van der Waals surface area (Å²) in [6, 6.07) is 7.68. The molecule has 0 N–H and O–H groups in total. The first-order valence-electron chi connectivity index (χ1n) is 5.76. The van der Waals surface area contributed by atoms with E-state index in [1.165, 1.54) is 25.3 Å². The zero-order valence-corrected chi connectivity index (χ0v) is 13.2. The molecule has 1 aromatic heterocycles. The summed E-state index contributed by atoms with van der Waals surface area (Å²) in [5, 5.41) is 0.250. The summed E-state index contributed by atoms with van der Waals surface area (Å²) in [6.07, 6.45) is 1.58. The molecule has 2 aromatic rings. The quantitative estimate of drug-likeness (QED) is 0.776. The van der Waals surface area contributed by atoms with E-state index < -0.39 is 9.05 Å². The van der Waals surface area contributed by atoms with Crippen molar-refractivity contribution in [3.8, 4) is 11.6 Å². The topological polar surface area (TPSA) is 65.5 Å². The number of methoxy groups -OCH3 is 1. The second-order valence-electron chi connectivity index (χ2n) is 3.99. The maximum absolute atomic E-state index is 11.5. The summed E-state index contributed by atoms with van der Waals surface area (Å²) in [4.78, 5) is 3.85. The molecule has 0 saturated carbocycles. The van der Waals surface area contributed by atoms with E-state index in [9.17, 15) is 8.42 Å². The summed E-state index contributed by atoms with van der Waals surface area (Å²) in [5.41, 5.74) is 0.674. The number of hydrogen-bond acceptors (Lipinski definition) is 5. The lowest BCUT2D eigenvalue weighted by molar-refractivity contribution is 0.287. The van der Waals surface area contributed by atoms with Gasteiger partial charge in [0.25, 0.3) is 9.05 Å². The van der Waals surface area contributed by atoms with Gasteiger partial charge in [-0.2, -0.15) is 0 Å². The lowest BCUT2D eigenvalue weighted by atomic mass is 10.3. The van der Waals surface area contributed by atoms with Crippen molar-refractivity contribution >= 4 is 31.3 Å². The third-order valence-corrected chi connectivity index (χ3v) is 4.17. The van der Waals surface area contributed by atoms with Crippen LogP contribution in [0.2, 0.25) is 5.02 Å². The average Bonchev–Trinajstić information content (AvgIpc) is 2.45. The number of rotatable bonds is 5. The van der Waals surface area contributed by atoms with Crippen molar-refractivity contribution in [2.45, 2.75) is 11.5 Å². The van der Waals surface area contributed by atoms with E-state index in [1.54, 1.807) is 18.3 Å². The predicted octanol–water partition coefficient (Wildman–Crippen LogP) is 3.25. The number of benzene rings is 1. The number of aromatic nitrogens is 1. The van der Waals surface area contributed by atoms with E-state index in [2.05, 4.69) is 4.98 Å². The third kappa shape index (κ3) is 4.00. The molecule has 0 atom stereocenters. The van der Waals surface area contributed by atoms with Gasteiger partial charge in [-0.15, -0.1) is 0 Å². The number of nitrogens with zero attached hydrogens (tertiary/aromatic N) is 1. The van der Waals surface area contributed by atoms with Crippen LogP contribution in [0.5, 0.6) is 11.6 Å². The standard InChI is InChI=1S/C13H11Cl2NO4S/c1-19-13-9(3-2-6-16-13)8-20-11-5-4-10(14)7-12(11)21(15,17)18/h2-7H,8H2,1H3. The second kappa shape index (κ2) is 6.51. The molecular weight excluding hydrogens is 337 g/mol. The van der Waals surface area contributed by atoms with Crippen LogP contribution in [0, 0.1) is 0 Å². The number of hydrogen-bond donors (Lipinski definition) is 0. The van der Waals surface area contributed by atoms with Crippen LogP contribution in [0.1, 0.15) is 5.56 Å². The van der Waals surface area contributed by atoms with Crippen LogP contribution in [0.15, 0.2) is 41.4 Å². The largest absolute Gasteiger partial charge is 0.487 e. The fraction of sp³-hybridized carbons (Fsp3) is 0.154. The van der Waals surface area contributed by atoms with Gasteiger partial charge in [-0.05, 0) is 30.3 Å². The van der Waals surface area contributed by atoms with Crippen LogP contribution >= 0.6 is 22.3 Å². The highest BCUT2D eigenvalue weighted by molar-refractivity contribution is 8.13. The van der Waals surface area contributed by atoms with Crippen molar-refractivity contribution in [2.24, 2.45) is 0 Å². The average molecular weight is 348 g/mol. The summed E-state index contributed by atoms with van der Waals surface area (Å²) < 4.78 is 33.7. The molecule has 21 heavy (non-hydrogen) atoms. The van der Waals surface area contributed by atoms with Crippen LogP contribution in [0.25, 0.3) is 0 Å². The Morgan fingerprint density at radius 3 is 2.71 bits per heavy atom. The Morgan fingerprint density at radius 1 is 1.29 bits per heavy atom. The van der Waals surface area contributed by atoms with Crippen LogP contribution in [-0.4, -0.2) is 20.5 Å². The van der Waals surface area contributed by atoms with Gasteiger partial charge in [0.15, 0.2) is 0 Å². The molecule has 0 aliphatic carbocycles. The van der Waals surface area contributed by atoms with E-state index in [0.29, 0.717) is 11.4 Å². The molecule has 112 valence electrons. The second-order valence-corrected chi connectivity index (χ2v) is 6.96. The van der Waals surface area contributed by atoms with Gasteiger partial charge in [0.1, 0.15) is 17.3 Å². The first-order chi connectivity index (χ1) is 9.91. The van der Waals surface area contributed by atoms with Gasteiger partial charge >= 0.3 is 0 Å². The molecule has 2 rings (SSSR count). The van der Waals surface area contributed by atoms with Gasteiger partial charge in [0.2, 0.25) is 5.88 Å². The molecule has 0 unspecified atom stereocenters. The van der Waals surface area contributed by atoms with Gasteiger partial charge in [-0.1, -0.05) is 11.6 Å². The molecule has 0 radical (unpaired) electrons. The molecule has 0 aliphatic rings. The third-order valence-electron chi connectivity index (χ3n) is 2.59. The first kappa shape index (κ1) is 15.9. The minimum Gasteiger partial charge on any atom is -0.487 e. The minimum absolute atomic E-state index is 0.0814. The number of halogens is 2. The molecule has 1 aromatic carbocycles. The minimum atomic E-state index is -3.96. The molecule has 0 amide bonds. The molecule has 8 heteroatoms. The van der Waals surface area contributed by atoms with E-state index >= 15 is 0 Å². The van der Waals surface area contributed by atoms with E-state index in [4.69, 9.17) is 31.8 Å². The Balaban J connectivity index is 2.29.